The number of nitrogens with one attached hydrogen (secondary N) is 1. The fourth-order valence-electron chi connectivity index (χ4n) is 3.64. The molecule has 1 aliphatic heterocycles. The quantitative estimate of drug-likeness (QED) is 0.783. The fraction of sp³-hybridized carbons (Fsp3) is 0.429. The van der Waals surface area contributed by atoms with E-state index in [0.717, 1.165) is 25.9 Å². The molecule has 146 valence electrons. The number of methoxy groups -OCH3 is 1. The number of quaternary nitrogens is 1. The molecule has 0 unspecified atom stereocenters. The van der Waals surface area contributed by atoms with Crippen molar-refractivity contribution in [2.45, 2.75) is 30.7 Å². The first-order chi connectivity index (χ1) is 13.0. The molecule has 0 spiro atoms. The number of ether oxygens (including phenoxy) is 1. The van der Waals surface area contributed by atoms with Gasteiger partial charge in [-0.15, -0.1) is 0 Å². The van der Waals surface area contributed by atoms with Gasteiger partial charge in [-0.25, -0.2) is 8.42 Å². The third-order valence-corrected chi connectivity index (χ3v) is 7.38. The Kier molecular flexibility index (Phi) is 6.52. The standard InChI is InChI=1S/C21H28N2O3S/c1-18(8-9-19-6-4-3-5-7-19)22-14-16-23(17-15-22)27(24,25)21-12-10-20(26-2)11-13-21/h3-7,10-13,18H,8-9,14-17H2,1-2H3/p+1/t18-/m0/s1. The summed E-state index contributed by atoms with van der Waals surface area (Å²) in [5, 5.41) is 0. The maximum atomic E-state index is 12.8. The molecule has 2 aromatic carbocycles. The van der Waals surface area contributed by atoms with Crippen LogP contribution in [0.2, 0.25) is 0 Å². The van der Waals surface area contributed by atoms with E-state index in [0.29, 0.717) is 29.8 Å². The van der Waals surface area contributed by atoms with Gasteiger partial charge in [0.2, 0.25) is 10.0 Å². The molecular formula is C21H29N2O3S+. The van der Waals surface area contributed by atoms with Crippen molar-refractivity contribution in [1.82, 2.24) is 4.31 Å². The molecule has 1 heterocycles. The number of aryl methyl sites for hydroxylation is 1. The molecule has 1 saturated heterocycles. The smallest absolute Gasteiger partial charge is 0.243 e. The molecule has 0 saturated carbocycles. The Morgan fingerprint density at radius 3 is 2.26 bits per heavy atom. The van der Waals surface area contributed by atoms with Crippen LogP contribution in [-0.4, -0.2) is 52.1 Å². The number of benzene rings is 2. The second kappa shape index (κ2) is 8.87. The van der Waals surface area contributed by atoms with Crippen LogP contribution >= 0.6 is 0 Å². The maximum Gasteiger partial charge on any atom is 0.243 e. The highest BCUT2D eigenvalue weighted by Crippen LogP contribution is 2.19. The van der Waals surface area contributed by atoms with Gasteiger partial charge in [0.15, 0.2) is 0 Å². The second-order valence-electron chi connectivity index (χ2n) is 7.16. The van der Waals surface area contributed by atoms with E-state index in [1.807, 2.05) is 6.07 Å². The van der Waals surface area contributed by atoms with Gasteiger partial charge in [0.05, 0.1) is 44.2 Å². The van der Waals surface area contributed by atoms with Crippen LogP contribution in [0.3, 0.4) is 0 Å². The molecule has 1 atom stereocenters. The minimum Gasteiger partial charge on any atom is -0.497 e. The summed E-state index contributed by atoms with van der Waals surface area (Å²) in [5.74, 6) is 0.662. The molecular weight excluding hydrogens is 360 g/mol. The van der Waals surface area contributed by atoms with E-state index in [9.17, 15) is 8.42 Å². The number of nitrogens with zero attached hydrogens (tertiary/aromatic N) is 1. The van der Waals surface area contributed by atoms with Crippen LogP contribution in [-0.2, 0) is 16.4 Å². The Bertz CT molecular complexity index is 814. The van der Waals surface area contributed by atoms with Gasteiger partial charge in [-0.3, -0.25) is 0 Å². The van der Waals surface area contributed by atoms with Crippen LogP contribution in [0.25, 0.3) is 0 Å². The molecule has 0 radical (unpaired) electrons. The van der Waals surface area contributed by atoms with Crippen molar-refractivity contribution >= 4 is 10.0 Å². The number of rotatable bonds is 7. The molecule has 2 aromatic rings. The molecule has 0 aromatic heterocycles. The van der Waals surface area contributed by atoms with E-state index in [1.54, 1.807) is 35.7 Å². The lowest BCUT2D eigenvalue weighted by Gasteiger charge is -2.34. The van der Waals surface area contributed by atoms with E-state index < -0.39 is 10.0 Å². The monoisotopic (exact) mass is 389 g/mol. The third-order valence-electron chi connectivity index (χ3n) is 5.47. The van der Waals surface area contributed by atoms with Crippen molar-refractivity contribution in [3.63, 3.8) is 0 Å². The van der Waals surface area contributed by atoms with Gasteiger partial charge in [-0.2, -0.15) is 4.31 Å². The Morgan fingerprint density at radius 2 is 1.67 bits per heavy atom. The lowest BCUT2D eigenvalue weighted by atomic mass is 10.0. The molecule has 6 heteroatoms. The van der Waals surface area contributed by atoms with Gasteiger partial charge in [-0.05, 0) is 43.2 Å². The van der Waals surface area contributed by atoms with Gasteiger partial charge < -0.3 is 9.64 Å². The largest absolute Gasteiger partial charge is 0.497 e. The first-order valence-electron chi connectivity index (χ1n) is 9.53. The number of hydrogen-bond acceptors (Lipinski definition) is 3. The van der Waals surface area contributed by atoms with Crippen LogP contribution in [0.1, 0.15) is 18.9 Å². The summed E-state index contributed by atoms with van der Waals surface area (Å²) in [5.41, 5.74) is 1.37. The van der Waals surface area contributed by atoms with Crippen LogP contribution in [0, 0.1) is 0 Å². The number of sulfonamides is 1. The van der Waals surface area contributed by atoms with Gasteiger partial charge in [-0.1, -0.05) is 30.3 Å². The fourth-order valence-corrected chi connectivity index (χ4v) is 5.08. The minimum atomic E-state index is -3.43. The molecule has 0 amide bonds. The normalized spacial score (nSPS) is 17.6. The summed E-state index contributed by atoms with van der Waals surface area (Å²) < 4.78 is 32.4. The lowest BCUT2D eigenvalue weighted by molar-refractivity contribution is -0.927. The number of hydrogen-bond donors (Lipinski definition) is 1. The summed E-state index contributed by atoms with van der Waals surface area (Å²) in [6, 6.07) is 17.7. The van der Waals surface area contributed by atoms with Gasteiger partial charge in [0, 0.05) is 6.42 Å². The molecule has 5 nitrogen and oxygen atoms in total. The van der Waals surface area contributed by atoms with Crippen LogP contribution in [0.4, 0.5) is 0 Å². The zero-order valence-electron chi connectivity index (χ0n) is 16.1. The summed E-state index contributed by atoms with van der Waals surface area (Å²) in [7, 11) is -1.85. The van der Waals surface area contributed by atoms with Crippen molar-refractivity contribution in [2.24, 2.45) is 0 Å². The Labute approximate surface area is 162 Å². The van der Waals surface area contributed by atoms with Crippen LogP contribution in [0.15, 0.2) is 59.5 Å². The van der Waals surface area contributed by atoms with E-state index in [4.69, 9.17) is 4.74 Å². The molecule has 0 bridgehead atoms. The highest BCUT2D eigenvalue weighted by molar-refractivity contribution is 7.89. The van der Waals surface area contributed by atoms with Gasteiger partial charge in [0.25, 0.3) is 0 Å². The Morgan fingerprint density at radius 1 is 1.04 bits per heavy atom. The summed E-state index contributed by atoms with van der Waals surface area (Å²) in [6.07, 6.45) is 2.18. The lowest BCUT2D eigenvalue weighted by Crippen LogP contribution is -3.18. The van der Waals surface area contributed by atoms with Crippen molar-refractivity contribution in [3.8, 4) is 5.75 Å². The van der Waals surface area contributed by atoms with Crippen molar-refractivity contribution in [2.75, 3.05) is 33.3 Å². The van der Waals surface area contributed by atoms with E-state index >= 15 is 0 Å². The first kappa shape index (κ1) is 19.9. The highest BCUT2D eigenvalue weighted by Gasteiger charge is 2.32. The average Bonchev–Trinajstić information content (AvgIpc) is 2.73. The predicted molar refractivity (Wildman–Crippen MR) is 107 cm³/mol. The van der Waals surface area contributed by atoms with E-state index in [2.05, 4.69) is 31.2 Å². The average molecular weight is 390 g/mol. The zero-order valence-corrected chi connectivity index (χ0v) is 16.9. The molecule has 27 heavy (non-hydrogen) atoms. The predicted octanol–water partition coefficient (Wildman–Crippen LogP) is 1.61. The topological polar surface area (TPSA) is 51.1 Å². The molecule has 3 rings (SSSR count). The van der Waals surface area contributed by atoms with Crippen molar-refractivity contribution < 1.29 is 18.1 Å². The Balaban J connectivity index is 1.54. The second-order valence-corrected chi connectivity index (χ2v) is 9.10. The Hall–Kier alpha value is -1.89. The molecule has 0 aliphatic carbocycles. The summed E-state index contributed by atoms with van der Waals surface area (Å²) in [6.45, 7) is 5.11. The van der Waals surface area contributed by atoms with Crippen molar-refractivity contribution in [1.29, 1.82) is 0 Å². The number of piperazine rings is 1. The molecule has 1 N–H and O–H groups in total. The third kappa shape index (κ3) is 4.89. The minimum absolute atomic E-state index is 0.337. The van der Waals surface area contributed by atoms with Crippen LogP contribution < -0.4 is 9.64 Å². The first-order valence-corrected chi connectivity index (χ1v) is 11.0. The zero-order chi connectivity index (χ0) is 19.3. The van der Waals surface area contributed by atoms with Crippen molar-refractivity contribution in [3.05, 3.63) is 60.2 Å². The van der Waals surface area contributed by atoms with Gasteiger partial charge in [0.1, 0.15) is 5.75 Å². The highest BCUT2D eigenvalue weighted by atomic mass is 32.2. The summed E-state index contributed by atoms with van der Waals surface area (Å²) >= 11 is 0. The van der Waals surface area contributed by atoms with E-state index in [-0.39, 0.29) is 0 Å². The van der Waals surface area contributed by atoms with Gasteiger partial charge >= 0.3 is 0 Å². The molecule has 1 fully saturated rings. The molecule has 1 aliphatic rings. The summed E-state index contributed by atoms with van der Waals surface area (Å²) in [4.78, 5) is 1.83. The SMILES string of the molecule is COc1ccc(S(=O)(=O)N2CC[NH+]([C@@H](C)CCc3ccccc3)CC2)cc1. The van der Waals surface area contributed by atoms with Crippen LogP contribution in [0.5, 0.6) is 5.75 Å². The maximum absolute atomic E-state index is 12.8. The van der Waals surface area contributed by atoms with E-state index in [1.165, 1.54) is 10.5 Å².